The number of ketones is 2. The van der Waals surface area contributed by atoms with Crippen molar-refractivity contribution in [1.29, 1.82) is 0 Å². The number of Topliss-reactive ketones (excluding diaryl/α,β-unsaturated/α-hetero) is 1. The highest BCUT2D eigenvalue weighted by Crippen LogP contribution is 2.15. The lowest BCUT2D eigenvalue weighted by Crippen LogP contribution is -2.05. The molecule has 0 amide bonds. The van der Waals surface area contributed by atoms with Crippen LogP contribution in [-0.4, -0.2) is 11.6 Å². The Hall–Kier alpha value is -1.18. The molecule has 0 atom stereocenters. The van der Waals surface area contributed by atoms with Crippen LogP contribution in [0.1, 0.15) is 45.4 Å². The van der Waals surface area contributed by atoms with E-state index in [-0.39, 0.29) is 11.6 Å². The average Bonchev–Trinajstić information content (AvgIpc) is 2.64. The maximum atomic E-state index is 11.5. The van der Waals surface area contributed by atoms with Crippen LogP contribution in [0.5, 0.6) is 0 Å². The van der Waals surface area contributed by atoms with E-state index >= 15 is 0 Å². The maximum Gasteiger partial charge on any atom is 0.188 e. The fourth-order valence-corrected chi connectivity index (χ4v) is 1.63. The molecule has 0 fully saturated rings. The molecule has 1 aliphatic rings. The molecule has 0 heterocycles. The molecule has 2 nitrogen and oxygen atoms in total. The number of hydrogen-bond acceptors (Lipinski definition) is 2. The number of carbonyl (C=O) groups excluding carboxylic acids is 2. The van der Waals surface area contributed by atoms with Crippen LogP contribution in [0.15, 0.2) is 23.8 Å². The summed E-state index contributed by atoms with van der Waals surface area (Å²) in [5.74, 6) is -0.118. The van der Waals surface area contributed by atoms with Gasteiger partial charge >= 0.3 is 0 Å². The highest BCUT2D eigenvalue weighted by molar-refractivity contribution is 6.25. The van der Waals surface area contributed by atoms with E-state index in [0.29, 0.717) is 12.0 Å². The van der Waals surface area contributed by atoms with Gasteiger partial charge in [0, 0.05) is 6.42 Å². The third kappa shape index (κ3) is 3.82. The zero-order valence-corrected chi connectivity index (χ0v) is 9.29. The Morgan fingerprint density at radius 2 is 2.27 bits per heavy atom. The van der Waals surface area contributed by atoms with Crippen LogP contribution in [0.2, 0.25) is 0 Å². The van der Waals surface area contributed by atoms with Gasteiger partial charge in [-0.25, -0.2) is 0 Å². The largest absolute Gasteiger partial charge is 0.294 e. The van der Waals surface area contributed by atoms with Crippen LogP contribution in [0.4, 0.5) is 0 Å². The Labute approximate surface area is 91.1 Å². The zero-order valence-electron chi connectivity index (χ0n) is 9.29. The van der Waals surface area contributed by atoms with Gasteiger partial charge in [-0.1, -0.05) is 31.9 Å². The summed E-state index contributed by atoms with van der Waals surface area (Å²) in [5.41, 5.74) is 0.391. The van der Waals surface area contributed by atoms with Gasteiger partial charge in [0.1, 0.15) is 0 Å². The van der Waals surface area contributed by atoms with Crippen LogP contribution < -0.4 is 0 Å². The first-order valence-corrected chi connectivity index (χ1v) is 5.70. The number of rotatable bonds is 6. The molecule has 82 valence electrons. The van der Waals surface area contributed by atoms with Gasteiger partial charge < -0.3 is 0 Å². The van der Waals surface area contributed by atoms with Crippen molar-refractivity contribution >= 4 is 11.6 Å². The van der Waals surface area contributed by atoms with E-state index in [1.165, 1.54) is 12.8 Å². The van der Waals surface area contributed by atoms with Crippen molar-refractivity contribution in [1.82, 2.24) is 0 Å². The second-order valence-corrected chi connectivity index (χ2v) is 3.84. The van der Waals surface area contributed by atoms with E-state index in [1.807, 2.05) is 6.08 Å². The van der Waals surface area contributed by atoms with Gasteiger partial charge in [0.25, 0.3) is 0 Å². The minimum absolute atomic E-state index is 0.00166. The van der Waals surface area contributed by atoms with Crippen LogP contribution in [0.25, 0.3) is 0 Å². The smallest absolute Gasteiger partial charge is 0.188 e. The molecule has 2 heteroatoms. The number of hydrogen-bond donors (Lipinski definition) is 0. The Morgan fingerprint density at radius 3 is 2.87 bits per heavy atom. The van der Waals surface area contributed by atoms with E-state index in [4.69, 9.17) is 0 Å². The molecular weight excluding hydrogens is 188 g/mol. The van der Waals surface area contributed by atoms with Gasteiger partial charge in [0.2, 0.25) is 0 Å². The Kier molecular flexibility index (Phi) is 5.02. The fourth-order valence-electron chi connectivity index (χ4n) is 1.63. The van der Waals surface area contributed by atoms with Crippen molar-refractivity contribution in [2.75, 3.05) is 0 Å². The van der Waals surface area contributed by atoms with Crippen LogP contribution in [-0.2, 0) is 9.59 Å². The summed E-state index contributed by atoms with van der Waals surface area (Å²) in [6.07, 6.45) is 10.8. The van der Waals surface area contributed by atoms with Crippen LogP contribution in [0.3, 0.4) is 0 Å². The molecule has 0 bridgehead atoms. The molecule has 15 heavy (non-hydrogen) atoms. The zero-order chi connectivity index (χ0) is 11.1. The van der Waals surface area contributed by atoms with E-state index in [1.54, 1.807) is 12.2 Å². The van der Waals surface area contributed by atoms with E-state index in [2.05, 4.69) is 6.92 Å². The topological polar surface area (TPSA) is 34.1 Å². The fraction of sp³-hybridized carbons (Fsp3) is 0.538. The van der Waals surface area contributed by atoms with Crippen molar-refractivity contribution in [2.45, 2.75) is 45.4 Å². The molecule has 0 aromatic carbocycles. The summed E-state index contributed by atoms with van der Waals surface area (Å²) in [7, 11) is 0. The Balaban J connectivity index is 2.32. The first-order valence-electron chi connectivity index (χ1n) is 5.70. The molecule has 0 aromatic heterocycles. The maximum absolute atomic E-state index is 11.5. The van der Waals surface area contributed by atoms with Gasteiger partial charge in [-0.3, -0.25) is 9.59 Å². The van der Waals surface area contributed by atoms with Gasteiger partial charge in [0.05, 0.1) is 5.57 Å². The summed E-state index contributed by atoms with van der Waals surface area (Å²) in [6.45, 7) is 2.15. The van der Waals surface area contributed by atoms with Crippen molar-refractivity contribution in [3.63, 3.8) is 0 Å². The summed E-state index contributed by atoms with van der Waals surface area (Å²) in [4.78, 5) is 22.7. The number of allylic oxidation sites excluding steroid dienone is 4. The average molecular weight is 206 g/mol. The van der Waals surface area contributed by atoms with Gasteiger partial charge in [-0.05, 0) is 25.3 Å². The summed E-state index contributed by atoms with van der Waals surface area (Å²) >= 11 is 0. The minimum atomic E-state index is -0.117. The number of carbonyl (C=O) groups is 2. The van der Waals surface area contributed by atoms with Gasteiger partial charge in [0.15, 0.2) is 11.6 Å². The SMILES string of the molecule is CCCCCC=CC(=O)C1=CCCC1=O. The van der Waals surface area contributed by atoms with E-state index in [0.717, 1.165) is 19.3 Å². The molecule has 0 unspecified atom stereocenters. The summed E-state index contributed by atoms with van der Waals surface area (Å²) in [5, 5.41) is 0. The molecule has 0 saturated heterocycles. The highest BCUT2D eigenvalue weighted by Gasteiger charge is 2.19. The van der Waals surface area contributed by atoms with Crippen molar-refractivity contribution in [3.8, 4) is 0 Å². The summed E-state index contributed by atoms with van der Waals surface area (Å²) in [6, 6.07) is 0. The van der Waals surface area contributed by atoms with Gasteiger partial charge in [-0.15, -0.1) is 0 Å². The molecular formula is C13H18O2. The predicted octanol–water partition coefficient (Wildman–Crippen LogP) is 2.98. The molecule has 0 spiro atoms. The third-order valence-corrected chi connectivity index (χ3v) is 2.53. The van der Waals surface area contributed by atoms with Crippen molar-refractivity contribution in [2.24, 2.45) is 0 Å². The predicted molar refractivity (Wildman–Crippen MR) is 60.6 cm³/mol. The Morgan fingerprint density at radius 1 is 1.47 bits per heavy atom. The van der Waals surface area contributed by atoms with E-state index < -0.39 is 0 Å². The van der Waals surface area contributed by atoms with Crippen molar-refractivity contribution in [3.05, 3.63) is 23.8 Å². The lowest BCUT2D eigenvalue weighted by molar-refractivity contribution is -0.118. The highest BCUT2D eigenvalue weighted by atomic mass is 16.1. The second-order valence-electron chi connectivity index (χ2n) is 3.84. The molecule has 1 aliphatic carbocycles. The molecule has 0 aliphatic heterocycles. The summed E-state index contributed by atoms with van der Waals surface area (Å²) < 4.78 is 0. The molecule has 0 saturated carbocycles. The molecule has 0 aromatic rings. The van der Waals surface area contributed by atoms with Crippen molar-refractivity contribution < 1.29 is 9.59 Å². The molecule has 0 N–H and O–H groups in total. The Bertz CT molecular complexity index is 298. The molecule has 1 rings (SSSR count). The first-order chi connectivity index (χ1) is 7.25. The van der Waals surface area contributed by atoms with Crippen LogP contribution >= 0.6 is 0 Å². The lowest BCUT2D eigenvalue weighted by atomic mass is 10.1. The third-order valence-electron chi connectivity index (χ3n) is 2.53. The number of unbranched alkanes of at least 4 members (excludes halogenated alkanes) is 3. The normalized spacial score (nSPS) is 16.1. The second kappa shape index (κ2) is 6.33. The monoisotopic (exact) mass is 206 g/mol. The quantitative estimate of drug-likeness (QED) is 0.380. The standard InChI is InChI=1S/C13H18O2/c1-2-3-4-5-6-9-12(14)11-8-7-10-13(11)15/h6,8-9H,2-5,7,10H2,1H3. The molecule has 0 radical (unpaired) electrons. The first kappa shape index (κ1) is 11.9. The lowest BCUT2D eigenvalue weighted by Gasteiger charge is -1.94. The van der Waals surface area contributed by atoms with Crippen LogP contribution in [0, 0.1) is 0 Å². The minimum Gasteiger partial charge on any atom is -0.294 e. The van der Waals surface area contributed by atoms with Gasteiger partial charge in [-0.2, -0.15) is 0 Å². The van der Waals surface area contributed by atoms with E-state index in [9.17, 15) is 9.59 Å².